The predicted molar refractivity (Wildman–Crippen MR) is 60.6 cm³/mol. The van der Waals surface area contributed by atoms with Gasteiger partial charge < -0.3 is 10.4 Å². The van der Waals surface area contributed by atoms with E-state index >= 15 is 0 Å². The molecule has 0 radical (unpaired) electrons. The summed E-state index contributed by atoms with van der Waals surface area (Å²) in [4.78, 5) is 21.4. The van der Waals surface area contributed by atoms with E-state index in [1.807, 2.05) is 24.3 Å². The summed E-state index contributed by atoms with van der Waals surface area (Å²) in [7, 11) is 0. The van der Waals surface area contributed by atoms with E-state index in [2.05, 4.69) is 5.32 Å². The Labute approximate surface area is 91.5 Å². The highest BCUT2D eigenvalue weighted by atomic mass is 16.4. The first kappa shape index (κ1) is 10.2. The summed E-state index contributed by atoms with van der Waals surface area (Å²) in [5.74, 6) is -1.06. The maximum Gasteiger partial charge on any atom is 0.337 e. The van der Waals surface area contributed by atoms with Crippen molar-refractivity contribution in [1.29, 1.82) is 0 Å². The Hall–Kier alpha value is -2.36. The smallest absolute Gasteiger partial charge is 0.337 e. The minimum Gasteiger partial charge on any atom is -0.478 e. The zero-order valence-electron chi connectivity index (χ0n) is 8.31. The SMILES string of the molecule is O=CNc1cc2ccccc2cc1C(=O)O. The molecule has 0 aliphatic rings. The van der Waals surface area contributed by atoms with Gasteiger partial charge in [0, 0.05) is 0 Å². The van der Waals surface area contributed by atoms with Gasteiger partial charge in [0.25, 0.3) is 0 Å². The maximum absolute atomic E-state index is 11.0. The molecular formula is C12H9NO3. The van der Waals surface area contributed by atoms with Crippen molar-refractivity contribution in [3.63, 3.8) is 0 Å². The van der Waals surface area contributed by atoms with Gasteiger partial charge in [0.2, 0.25) is 6.41 Å². The third-order valence-electron chi connectivity index (χ3n) is 2.33. The highest BCUT2D eigenvalue weighted by molar-refractivity contribution is 6.02. The van der Waals surface area contributed by atoms with E-state index in [4.69, 9.17) is 5.11 Å². The van der Waals surface area contributed by atoms with E-state index in [1.165, 1.54) is 0 Å². The number of carboxylic acid groups (broad SMARTS) is 1. The lowest BCUT2D eigenvalue weighted by Gasteiger charge is -2.06. The summed E-state index contributed by atoms with van der Waals surface area (Å²) in [5.41, 5.74) is 0.395. The summed E-state index contributed by atoms with van der Waals surface area (Å²) >= 11 is 0. The van der Waals surface area contributed by atoms with Crippen molar-refractivity contribution in [1.82, 2.24) is 0 Å². The predicted octanol–water partition coefficient (Wildman–Crippen LogP) is 2.11. The van der Waals surface area contributed by atoms with E-state index < -0.39 is 5.97 Å². The first-order valence-electron chi connectivity index (χ1n) is 4.68. The Kier molecular flexibility index (Phi) is 2.55. The Morgan fingerprint density at radius 2 is 1.81 bits per heavy atom. The molecule has 4 nitrogen and oxygen atoms in total. The fraction of sp³-hybridized carbons (Fsp3) is 0. The lowest BCUT2D eigenvalue weighted by Crippen LogP contribution is -2.04. The molecule has 16 heavy (non-hydrogen) atoms. The number of benzene rings is 2. The van der Waals surface area contributed by atoms with E-state index in [9.17, 15) is 9.59 Å². The topological polar surface area (TPSA) is 66.4 Å². The second-order valence-electron chi connectivity index (χ2n) is 3.31. The first-order valence-corrected chi connectivity index (χ1v) is 4.68. The van der Waals surface area contributed by atoms with Crippen LogP contribution < -0.4 is 5.32 Å². The molecule has 0 unspecified atom stereocenters. The van der Waals surface area contributed by atoms with Gasteiger partial charge in [-0.2, -0.15) is 0 Å². The lowest BCUT2D eigenvalue weighted by molar-refractivity contribution is -0.105. The number of hydrogen-bond acceptors (Lipinski definition) is 2. The maximum atomic E-state index is 11.0. The van der Waals surface area contributed by atoms with E-state index in [0.29, 0.717) is 12.1 Å². The molecule has 0 aromatic heterocycles. The molecule has 2 aromatic rings. The molecule has 0 fully saturated rings. The fourth-order valence-corrected chi connectivity index (χ4v) is 1.60. The van der Waals surface area contributed by atoms with E-state index in [-0.39, 0.29) is 5.56 Å². The first-order chi connectivity index (χ1) is 7.72. The van der Waals surface area contributed by atoms with Crippen LogP contribution in [-0.2, 0) is 4.79 Å². The molecule has 0 heterocycles. The van der Waals surface area contributed by atoms with E-state index in [0.717, 1.165) is 10.8 Å². The highest BCUT2D eigenvalue weighted by Gasteiger charge is 2.10. The quantitative estimate of drug-likeness (QED) is 0.770. The molecule has 1 amide bonds. The number of nitrogens with one attached hydrogen (secondary N) is 1. The molecule has 0 spiro atoms. The van der Waals surface area contributed by atoms with Crippen molar-refractivity contribution in [2.24, 2.45) is 0 Å². The molecule has 2 aromatic carbocycles. The van der Waals surface area contributed by atoms with Crippen LogP contribution in [0.25, 0.3) is 10.8 Å². The van der Waals surface area contributed by atoms with Gasteiger partial charge in [-0.15, -0.1) is 0 Å². The number of aromatic carboxylic acids is 1. The number of anilines is 1. The summed E-state index contributed by atoms with van der Waals surface area (Å²) in [6, 6.07) is 10.6. The molecule has 0 saturated heterocycles. The summed E-state index contributed by atoms with van der Waals surface area (Å²) < 4.78 is 0. The molecule has 0 saturated carbocycles. The number of carbonyl (C=O) groups is 2. The van der Waals surface area contributed by atoms with Crippen LogP contribution in [0.2, 0.25) is 0 Å². The van der Waals surface area contributed by atoms with Gasteiger partial charge in [-0.25, -0.2) is 4.79 Å². The normalized spacial score (nSPS) is 10.0. The zero-order chi connectivity index (χ0) is 11.5. The molecule has 2 rings (SSSR count). The number of rotatable bonds is 3. The van der Waals surface area contributed by atoms with Gasteiger partial charge in [0.05, 0.1) is 11.3 Å². The average molecular weight is 215 g/mol. The molecule has 0 atom stereocenters. The Balaban J connectivity index is 2.70. The van der Waals surface area contributed by atoms with Crippen LogP contribution in [0.3, 0.4) is 0 Å². The number of carbonyl (C=O) groups excluding carboxylic acids is 1. The summed E-state index contributed by atoms with van der Waals surface area (Å²) in [5, 5.41) is 13.1. The lowest BCUT2D eigenvalue weighted by atomic mass is 10.0. The van der Waals surface area contributed by atoms with Gasteiger partial charge in [0.15, 0.2) is 0 Å². The second-order valence-corrected chi connectivity index (χ2v) is 3.31. The minimum atomic E-state index is -1.06. The Morgan fingerprint density at radius 1 is 1.19 bits per heavy atom. The number of amides is 1. The molecule has 80 valence electrons. The molecule has 0 aliphatic carbocycles. The van der Waals surface area contributed by atoms with Crippen LogP contribution in [-0.4, -0.2) is 17.5 Å². The van der Waals surface area contributed by atoms with Crippen molar-refractivity contribution in [2.75, 3.05) is 5.32 Å². The molecule has 0 aliphatic heterocycles. The van der Waals surface area contributed by atoms with Gasteiger partial charge in [0.1, 0.15) is 0 Å². The highest BCUT2D eigenvalue weighted by Crippen LogP contribution is 2.23. The van der Waals surface area contributed by atoms with Crippen LogP contribution in [0.15, 0.2) is 36.4 Å². The third-order valence-corrected chi connectivity index (χ3v) is 2.33. The summed E-state index contributed by atoms with van der Waals surface area (Å²) in [6.45, 7) is 0. The van der Waals surface area contributed by atoms with Gasteiger partial charge in [-0.3, -0.25) is 4.79 Å². The number of hydrogen-bond donors (Lipinski definition) is 2. The Bertz CT molecular complexity index is 563. The van der Waals surface area contributed by atoms with E-state index in [1.54, 1.807) is 12.1 Å². The van der Waals surface area contributed by atoms with Crippen LogP contribution >= 0.6 is 0 Å². The third kappa shape index (κ3) is 1.72. The number of carboxylic acids is 1. The largest absolute Gasteiger partial charge is 0.478 e. The monoisotopic (exact) mass is 215 g/mol. The fourth-order valence-electron chi connectivity index (χ4n) is 1.60. The van der Waals surface area contributed by atoms with Crippen LogP contribution in [0.1, 0.15) is 10.4 Å². The van der Waals surface area contributed by atoms with Crippen molar-refractivity contribution in [3.05, 3.63) is 42.0 Å². The molecule has 0 bridgehead atoms. The Morgan fingerprint density at radius 3 is 2.38 bits per heavy atom. The van der Waals surface area contributed by atoms with Crippen molar-refractivity contribution < 1.29 is 14.7 Å². The van der Waals surface area contributed by atoms with Gasteiger partial charge in [-0.05, 0) is 22.9 Å². The standard InChI is InChI=1S/C12H9NO3/c14-7-13-11-6-9-4-2-1-3-8(9)5-10(11)12(15)16/h1-7H,(H,13,14)(H,15,16). The molecule has 2 N–H and O–H groups in total. The van der Waals surface area contributed by atoms with Crippen molar-refractivity contribution in [2.45, 2.75) is 0 Å². The number of fused-ring (bicyclic) bond motifs is 1. The second kappa shape index (κ2) is 4.02. The van der Waals surface area contributed by atoms with Gasteiger partial charge >= 0.3 is 5.97 Å². The molecule has 4 heteroatoms. The zero-order valence-corrected chi connectivity index (χ0v) is 8.31. The summed E-state index contributed by atoms with van der Waals surface area (Å²) in [6.07, 6.45) is 0.469. The van der Waals surface area contributed by atoms with Crippen molar-refractivity contribution >= 4 is 28.8 Å². The van der Waals surface area contributed by atoms with Crippen LogP contribution in [0, 0.1) is 0 Å². The van der Waals surface area contributed by atoms with Crippen LogP contribution in [0.5, 0.6) is 0 Å². The van der Waals surface area contributed by atoms with Gasteiger partial charge in [-0.1, -0.05) is 24.3 Å². The van der Waals surface area contributed by atoms with Crippen molar-refractivity contribution in [3.8, 4) is 0 Å². The average Bonchev–Trinajstić information content (AvgIpc) is 2.28. The van der Waals surface area contributed by atoms with Crippen LogP contribution in [0.4, 0.5) is 5.69 Å². The minimum absolute atomic E-state index is 0.0887. The molecular weight excluding hydrogens is 206 g/mol.